The van der Waals surface area contributed by atoms with Gasteiger partial charge in [0, 0.05) is 12.0 Å². The summed E-state index contributed by atoms with van der Waals surface area (Å²) in [5.74, 6) is -1.02. The zero-order chi connectivity index (χ0) is 20.7. The lowest BCUT2D eigenvalue weighted by molar-refractivity contribution is -0.152. The van der Waals surface area contributed by atoms with Gasteiger partial charge in [-0.05, 0) is 81.6 Å². The van der Waals surface area contributed by atoms with Crippen molar-refractivity contribution in [2.24, 2.45) is 5.41 Å². The van der Waals surface area contributed by atoms with Crippen molar-refractivity contribution in [2.75, 3.05) is 19.6 Å². The first-order valence-electron chi connectivity index (χ1n) is 10.3. The molecule has 1 aliphatic rings. The van der Waals surface area contributed by atoms with Crippen LogP contribution >= 0.6 is 0 Å². The monoisotopic (exact) mass is 397 g/mol. The molecule has 0 bridgehead atoms. The van der Waals surface area contributed by atoms with Gasteiger partial charge in [-0.25, -0.2) is 4.39 Å². The van der Waals surface area contributed by atoms with Crippen LogP contribution in [0.5, 0.6) is 0 Å². The van der Waals surface area contributed by atoms with Crippen molar-refractivity contribution in [3.8, 4) is 0 Å². The van der Waals surface area contributed by atoms with E-state index in [2.05, 4.69) is 4.90 Å². The summed E-state index contributed by atoms with van der Waals surface area (Å²) in [5, 5.41) is 9.86. The van der Waals surface area contributed by atoms with E-state index in [0.717, 1.165) is 32.5 Å². The first-order valence-corrected chi connectivity index (χ1v) is 10.3. The molecular formula is C24H28FNO3. The zero-order valence-corrected chi connectivity index (χ0v) is 16.6. The van der Waals surface area contributed by atoms with Crippen LogP contribution < -0.4 is 0 Å². The molecule has 0 spiro atoms. The minimum Gasteiger partial charge on any atom is -0.481 e. The highest BCUT2D eigenvalue weighted by Gasteiger charge is 2.40. The number of nitrogens with zero attached hydrogens (tertiary/aromatic N) is 1. The molecule has 1 heterocycles. The molecule has 1 aliphatic heterocycles. The van der Waals surface area contributed by atoms with Crippen LogP contribution in [0.2, 0.25) is 0 Å². The molecule has 0 amide bonds. The van der Waals surface area contributed by atoms with Crippen molar-refractivity contribution in [1.82, 2.24) is 4.90 Å². The van der Waals surface area contributed by atoms with Crippen molar-refractivity contribution in [1.29, 1.82) is 0 Å². The Bertz CT molecular complexity index is 812. The standard InChI is InChI=1S/C24H28FNO3/c25-21-10-8-20(9-11-21)22(27)7-4-16-26-17-14-24(15-18-26,23(28)29)13-12-19-5-2-1-3-6-19/h1-3,5-6,8-11H,4,7,12-18H2,(H,28,29). The van der Waals surface area contributed by atoms with Crippen LogP contribution in [0.1, 0.15) is 48.0 Å². The van der Waals surface area contributed by atoms with E-state index in [1.165, 1.54) is 29.8 Å². The fourth-order valence-electron chi connectivity index (χ4n) is 4.05. The fourth-order valence-corrected chi connectivity index (χ4v) is 4.05. The fraction of sp³-hybridized carbons (Fsp3) is 0.417. The van der Waals surface area contributed by atoms with Crippen LogP contribution in [-0.4, -0.2) is 41.4 Å². The van der Waals surface area contributed by atoms with E-state index in [-0.39, 0.29) is 11.6 Å². The summed E-state index contributed by atoms with van der Waals surface area (Å²) >= 11 is 0. The smallest absolute Gasteiger partial charge is 0.309 e. The molecule has 1 saturated heterocycles. The Hall–Kier alpha value is -2.53. The number of aliphatic carboxylic acids is 1. The third kappa shape index (κ3) is 5.73. The Morgan fingerprint density at radius 2 is 1.66 bits per heavy atom. The molecule has 0 saturated carbocycles. The molecule has 0 radical (unpaired) electrons. The van der Waals surface area contributed by atoms with Gasteiger partial charge >= 0.3 is 5.97 Å². The minimum atomic E-state index is -0.695. The number of carboxylic acid groups (broad SMARTS) is 1. The molecule has 4 nitrogen and oxygen atoms in total. The summed E-state index contributed by atoms with van der Waals surface area (Å²) in [6.07, 6.45) is 3.85. The molecule has 0 aromatic heterocycles. The van der Waals surface area contributed by atoms with Gasteiger partial charge in [0.25, 0.3) is 0 Å². The van der Waals surface area contributed by atoms with Crippen molar-refractivity contribution < 1.29 is 19.1 Å². The summed E-state index contributed by atoms with van der Waals surface area (Å²) in [6.45, 7) is 2.26. The van der Waals surface area contributed by atoms with Crippen molar-refractivity contribution in [2.45, 2.75) is 38.5 Å². The number of benzene rings is 2. The Morgan fingerprint density at radius 3 is 2.28 bits per heavy atom. The molecule has 3 rings (SSSR count). The second kappa shape index (κ2) is 9.79. The first-order chi connectivity index (χ1) is 14.0. The number of carbonyl (C=O) groups excluding carboxylic acids is 1. The summed E-state index contributed by atoms with van der Waals surface area (Å²) in [7, 11) is 0. The molecule has 1 fully saturated rings. The average Bonchev–Trinajstić information content (AvgIpc) is 2.74. The third-order valence-electron chi connectivity index (χ3n) is 6.05. The number of aryl methyl sites for hydroxylation is 1. The van der Waals surface area contributed by atoms with E-state index in [1.807, 2.05) is 30.3 Å². The number of rotatable bonds is 9. The number of likely N-dealkylation sites (tertiary alicyclic amines) is 1. The van der Waals surface area contributed by atoms with Gasteiger partial charge in [-0.15, -0.1) is 0 Å². The van der Waals surface area contributed by atoms with Gasteiger partial charge in [0.1, 0.15) is 5.82 Å². The average molecular weight is 397 g/mol. The lowest BCUT2D eigenvalue weighted by Gasteiger charge is -2.39. The number of Topliss-reactive ketones (excluding diaryl/α,β-unsaturated/α-hetero) is 1. The lowest BCUT2D eigenvalue weighted by Crippen LogP contribution is -2.45. The van der Waals surface area contributed by atoms with Gasteiger partial charge in [0.05, 0.1) is 5.41 Å². The Kier molecular flexibility index (Phi) is 7.15. The molecule has 154 valence electrons. The maximum Gasteiger partial charge on any atom is 0.309 e. The van der Waals surface area contributed by atoms with Crippen molar-refractivity contribution >= 4 is 11.8 Å². The van der Waals surface area contributed by atoms with Crippen LogP contribution in [0.15, 0.2) is 54.6 Å². The quantitative estimate of drug-likeness (QED) is 0.629. The Balaban J connectivity index is 1.44. The van der Waals surface area contributed by atoms with Crippen LogP contribution in [0.4, 0.5) is 4.39 Å². The highest BCUT2D eigenvalue weighted by Crippen LogP contribution is 2.36. The van der Waals surface area contributed by atoms with Crippen LogP contribution in [0.25, 0.3) is 0 Å². The van der Waals surface area contributed by atoms with E-state index < -0.39 is 11.4 Å². The predicted octanol–water partition coefficient (Wildman–Crippen LogP) is 4.59. The number of piperidine rings is 1. The SMILES string of the molecule is O=C(CCCN1CCC(CCc2ccccc2)(C(=O)O)CC1)c1ccc(F)cc1. The van der Waals surface area contributed by atoms with Gasteiger partial charge in [-0.2, -0.15) is 0 Å². The maximum absolute atomic E-state index is 13.0. The van der Waals surface area contributed by atoms with E-state index in [4.69, 9.17) is 0 Å². The zero-order valence-electron chi connectivity index (χ0n) is 16.6. The van der Waals surface area contributed by atoms with E-state index in [9.17, 15) is 19.1 Å². The minimum absolute atomic E-state index is 0.0183. The van der Waals surface area contributed by atoms with Gasteiger partial charge < -0.3 is 10.0 Å². The van der Waals surface area contributed by atoms with Crippen molar-refractivity contribution in [3.63, 3.8) is 0 Å². The van der Waals surface area contributed by atoms with E-state index in [0.29, 0.717) is 31.2 Å². The maximum atomic E-state index is 13.0. The Labute approximate surface area is 171 Å². The van der Waals surface area contributed by atoms with Crippen LogP contribution in [0, 0.1) is 11.2 Å². The summed E-state index contributed by atoms with van der Waals surface area (Å²) in [5.41, 5.74) is 1.06. The molecule has 5 heteroatoms. The highest BCUT2D eigenvalue weighted by atomic mass is 19.1. The molecule has 29 heavy (non-hydrogen) atoms. The first kappa shape index (κ1) is 21.2. The summed E-state index contributed by atoms with van der Waals surface area (Å²) in [4.78, 5) is 26.4. The number of halogens is 1. The molecular weight excluding hydrogens is 369 g/mol. The largest absolute Gasteiger partial charge is 0.481 e. The number of carboxylic acids is 1. The van der Waals surface area contributed by atoms with E-state index in [1.54, 1.807) is 0 Å². The second-order valence-corrected chi connectivity index (χ2v) is 7.95. The molecule has 1 N–H and O–H groups in total. The number of ketones is 1. The molecule has 0 atom stereocenters. The number of hydrogen-bond donors (Lipinski definition) is 1. The molecule has 2 aromatic carbocycles. The molecule has 2 aromatic rings. The van der Waals surface area contributed by atoms with Gasteiger partial charge in [-0.3, -0.25) is 9.59 Å². The van der Waals surface area contributed by atoms with Gasteiger partial charge in [0.2, 0.25) is 0 Å². The van der Waals surface area contributed by atoms with Crippen LogP contribution in [0.3, 0.4) is 0 Å². The van der Waals surface area contributed by atoms with Crippen molar-refractivity contribution in [3.05, 3.63) is 71.5 Å². The summed E-state index contributed by atoms with van der Waals surface area (Å²) in [6, 6.07) is 15.7. The predicted molar refractivity (Wildman–Crippen MR) is 110 cm³/mol. The normalized spacial score (nSPS) is 16.4. The topological polar surface area (TPSA) is 57.6 Å². The second-order valence-electron chi connectivity index (χ2n) is 7.95. The summed E-state index contributed by atoms with van der Waals surface area (Å²) < 4.78 is 13.0. The highest BCUT2D eigenvalue weighted by molar-refractivity contribution is 5.95. The third-order valence-corrected chi connectivity index (χ3v) is 6.05. The van der Waals surface area contributed by atoms with E-state index >= 15 is 0 Å². The lowest BCUT2D eigenvalue weighted by atomic mass is 9.74. The van der Waals surface area contributed by atoms with Gasteiger partial charge in [-0.1, -0.05) is 30.3 Å². The number of hydrogen-bond acceptors (Lipinski definition) is 3. The molecule has 0 unspecified atom stereocenters. The molecule has 0 aliphatic carbocycles. The number of carbonyl (C=O) groups is 2. The van der Waals surface area contributed by atoms with Gasteiger partial charge in [0.15, 0.2) is 5.78 Å². The Morgan fingerprint density at radius 1 is 1.00 bits per heavy atom. The van der Waals surface area contributed by atoms with Crippen LogP contribution in [-0.2, 0) is 11.2 Å².